The Balaban J connectivity index is 2.12. The molecule has 0 unspecified atom stereocenters. The highest BCUT2D eigenvalue weighted by Gasteiger charge is 2.35. The first kappa shape index (κ1) is 32.5. The second-order valence-corrected chi connectivity index (χ2v) is 12.9. The van der Waals surface area contributed by atoms with Crippen LogP contribution in [0.15, 0.2) is 77.7 Å². The number of amides is 2. The van der Waals surface area contributed by atoms with Gasteiger partial charge in [-0.25, -0.2) is 8.42 Å². The monoisotopic (exact) mass is 595 g/mol. The largest absolute Gasteiger partial charge is 0.497 e. The van der Waals surface area contributed by atoms with Gasteiger partial charge in [0, 0.05) is 12.1 Å². The molecule has 3 aromatic rings. The van der Waals surface area contributed by atoms with Crippen molar-refractivity contribution in [2.75, 3.05) is 25.1 Å². The Labute approximate surface area is 249 Å². The maximum absolute atomic E-state index is 14.3. The van der Waals surface area contributed by atoms with Gasteiger partial charge < -0.3 is 19.7 Å². The molecule has 0 spiro atoms. The molecule has 0 heterocycles. The Bertz CT molecular complexity index is 1470. The Morgan fingerprint density at radius 2 is 1.57 bits per heavy atom. The summed E-state index contributed by atoms with van der Waals surface area (Å²) in [5, 5.41) is 2.97. The van der Waals surface area contributed by atoms with Gasteiger partial charge in [0.25, 0.3) is 10.0 Å². The second kappa shape index (κ2) is 13.7. The Morgan fingerprint density at radius 1 is 0.929 bits per heavy atom. The summed E-state index contributed by atoms with van der Waals surface area (Å²) in [6, 6.07) is 19.4. The van der Waals surface area contributed by atoms with Crippen LogP contribution in [0.1, 0.15) is 45.2 Å². The smallest absolute Gasteiger partial charge is 0.264 e. The Hall–Kier alpha value is -4.05. The summed E-state index contributed by atoms with van der Waals surface area (Å²) in [6.07, 6.45) is 0.322. The van der Waals surface area contributed by atoms with Crippen molar-refractivity contribution in [3.8, 4) is 11.5 Å². The van der Waals surface area contributed by atoms with Crippen LogP contribution in [0.2, 0.25) is 0 Å². The molecule has 0 saturated heterocycles. The molecule has 2 amide bonds. The van der Waals surface area contributed by atoms with Crippen LogP contribution in [0.25, 0.3) is 0 Å². The first-order chi connectivity index (χ1) is 19.8. The fraction of sp³-hybridized carbons (Fsp3) is 0.375. The van der Waals surface area contributed by atoms with Crippen LogP contribution in [-0.2, 0) is 26.2 Å². The topological polar surface area (TPSA) is 105 Å². The van der Waals surface area contributed by atoms with Crippen molar-refractivity contribution in [3.63, 3.8) is 0 Å². The molecule has 1 atom stereocenters. The minimum Gasteiger partial charge on any atom is -0.497 e. The lowest BCUT2D eigenvalue weighted by molar-refractivity contribution is -0.141. The van der Waals surface area contributed by atoms with Crippen LogP contribution >= 0.6 is 0 Å². The summed E-state index contributed by atoms with van der Waals surface area (Å²) in [4.78, 5) is 29.2. The van der Waals surface area contributed by atoms with Crippen molar-refractivity contribution in [1.82, 2.24) is 10.2 Å². The number of methoxy groups -OCH3 is 2. The van der Waals surface area contributed by atoms with E-state index in [1.165, 1.54) is 24.1 Å². The van der Waals surface area contributed by atoms with Crippen LogP contribution in [0.3, 0.4) is 0 Å². The lowest BCUT2D eigenvalue weighted by Gasteiger charge is -2.35. The number of aryl methyl sites for hydroxylation is 1. The number of hydrogen-bond donors (Lipinski definition) is 1. The fourth-order valence-corrected chi connectivity index (χ4v) is 5.97. The predicted molar refractivity (Wildman–Crippen MR) is 164 cm³/mol. The van der Waals surface area contributed by atoms with Crippen molar-refractivity contribution in [1.29, 1.82) is 0 Å². The van der Waals surface area contributed by atoms with Gasteiger partial charge in [0.15, 0.2) is 0 Å². The van der Waals surface area contributed by atoms with Gasteiger partial charge in [-0.2, -0.15) is 0 Å². The molecule has 0 fully saturated rings. The SMILES string of the molecule is CC[C@@H](C(=O)NC(C)(C)C)N(Cc1ccc(OC)cc1)C(=O)CN(c1cc(C)ccc1OC)S(=O)(=O)c1ccccc1. The molecule has 42 heavy (non-hydrogen) atoms. The molecule has 10 heteroatoms. The zero-order chi connectivity index (χ0) is 31.1. The highest BCUT2D eigenvalue weighted by Crippen LogP contribution is 2.34. The summed E-state index contributed by atoms with van der Waals surface area (Å²) >= 11 is 0. The normalized spacial score (nSPS) is 12.3. The molecule has 0 aliphatic rings. The first-order valence-corrected chi connectivity index (χ1v) is 15.2. The van der Waals surface area contributed by atoms with Gasteiger partial charge in [0.2, 0.25) is 11.8 Å². The average molecular weight is 596 g/mol. The van der Waals surface area contributed by atoms with Crippen molar-refractivity contribution in [2.45, 2.75) is 64.1 Å². The van der Waals surface area contributed by atoms with E-state index in [1.54, 1.807) is 55.6 Å². The summed E-state index contributed by atoms with van der Waals surface area (Å²) in [5.74, 6) is 0.0928. The molecule has 0 aliphatic heterocycles. The first-order valence-electron chi connectivity index (χ1n) is 13.8. The number of benzene rings is 3. The van der Waals surface area contributed by atoms with Crippen LogP contribution < -0.4 is 19.1 Å². The van der Waals surface area contributed by atoms with E-state index in [-0.39, 0.29) is 23.0 Å². The Morgan fingerprint density at radius 3 is 2.12 bits per heavy atom. The number of carbonyl (C=O) groups is 2. The molecule has 0 aliphatic carbocycles. The standard InChI is InChI=1S/C32H41N3O6S/c1-8-27(31(37)33-32(3,4)5)34(21-24-15-17-25(40-6)18-16-24)30(36)22-35(28-20-23(2)14-19-29(28)41-7)42(38,39)26-12-10-9-11-13-26/h9-20,27H,8,21-22H2,1-7H3,(H,33,37)/t27-/m0/s1. The van der Waals surface area contributed by atoms with Crippen LogP contribution in [0.5, 0.6) is 11.5 Å². The molecule has 3 aromatic carbocycles. The van der Waals surface area contributed by atoms with Crippen molar-refractivity contribution in [3.05, 3.63) is 83.9 Å². The molecule has 0 aromatic heterocycles. The van der Waals surface area contributed by atoms with E-state index in [1.807, 2.05) is 46.8 Å². The number of carbonyl (C=O) groups excluding carboxylic acids is 2. The highest BCUT2D eigenvalue weighted by molar-refractivity contribution is 7.92. The van der Waals surface area contributed by atoms with Crippen molar-refractivity contribution >= 4 is 27.5 Å². The quantitative estimate of drug-likeness (QED) is 0.318. The predicted octanol–water partition coefficient (Wildman–Crippen LogP) is 4.93. The number of hydrogen-bond acceptors (Lipinski definition) is 6. The minimum absolute atomic E-state index is 0.0283. The van der Waals surface area contributed by atoms with Crippen LogP contribution in [0.4, 0.5) is 5.69 Å². The van der Waals surface area contributed by atoms with Crippen molar-refractivity contribution in [2.24, 2.45) is 0 Å². The molecule has 1 N–H and O–H groups in total. The van der Waals surface area contributed by atoms with Gasteiger partial charge in [-0.05, 0) is 81.6 Å². The summed E-state index contributed by atoms with van der Waals surface area (Å²) < 4.78 is 40.0. The van der Waals surface area contributed by atoms with Crippen LogP contribution in [-0.4, -0.2) is 57.5 Å². The zero-order valence-electron chi connectivity index (χ0n) is 25.4. The number of rotatable bonds is 12. The third-order valence-electron chi connectivity index (χ3n) is 6.61. The van der Waals surface area contributed by atoms with E-state index in [0.717, 1.165) is 15.4 Å². The van der Waals surface area contributed by atoms with E-state index in [9.17, 15) is 18.0 Å². The number of anilines is 1. The third-order valence-corrected chi connectivity index (χ3v) is 8.38. The van der Waals surface area contributed by atoms with Gasteiger partial charge in [0.05, 0.1) is 24.8 Å². The number of ether oxygens (including phenoxy) is 2. The maximum atomic E-state index is 14.3. The number of nitrogens with one attached hydrogen (secondary N) is 1. The minimum atomic E-state index is -4.21. The lowest BCUT2D eigenvalue weighted by Crippen LogP contribution is -2.55. The highest BCUT2D eigenvalue weighted by atomic mass is 32.2. The van der Waals surface area contributed by atoms with Crippen molar-refractivity contribution < 1.29 is 27.5 Å². The van der Waals surface area contributed by atoms with E-state index in [2.05, 4.69) is 5.32 Å². The lowest BCUT2D eigenvalue weighted by atomic mass is 10.1. The molecular formula is C32H41N3O6S. The molecule has 9 nitrogen and oxygen atoms in total. The number of nitrogens with zero attached hydrogens (tertiary/aromatic N) is 2. The maximum Gasteiger partial charge on any atom is 0.264 e. The molecule has 3 rings (SSSR count). The molecule has 226 valence electrons. The van der Waals surface area contributed by atoms with E-state index in [4.69, 9.17) is 9.47 Å². The molecule has 0 bridgehead atoms. The number of sulfonamides is 1. The Kier molecular flexibility index (Phi) is 10.6. The zero-order valence-corrected chi connectivity index (χ0v) is 26.2. The summed E-state index contributed by atoms with van der Waals surface area (Å²) in [7, 11) is -1.19. The van der Waals surface area contributed by atoms with Gasteiger partial charge in [-0.3, -0.25) is 13.9 Å². The fourth-order valence-electron chi connectivity index (χ4n) is 4.53. The van der Waals surface area contributed by atoms with E-state index < -0.39 is 34.1 Å². The van der Waals surface area contributed by atoms with Gasteiger partial charge in [-0.1, -0.05) is 43.3 Å². The van der Waals surface area contributed by atoms with Gasteiger partial charge in [-0.15, -0.1) is 0 Å². The van der Waals surface area contributed by atoms with E-state index >= 15 is 0 Å². The summed E-state index contributed by atoms with van der Waals surface area (Å²) in [5.41, 5.74) is 1.25. The summed E-state index contributed by atoms with van der Waals surface area (Å²) in [6.45, 7) is 8.79. The van der Waals surface area contributed by atoms with Crippen LogP contribution in [0, 0.1) is 6.92 Å². The van der Waals surface area contributed by atoms with Gasteiger partial charge >= 0.3 is 0 Å². The average Bonchev–Trinajstić information content (AvgIpc) is 2.95. The molecule has 0 saturated carbocycles. The molecular weight excluding hydrogens is 554 g/mol. The molecule has 0 radical (unpaired) electrons. The van der Waals surface area contributed by atoms with E-state index in [0.29, 0.717) is 17.9 Å². The third kappa shape index (κ3) is 8.03. The van der Waals surface area contributed by atoms with Gasteiger partial charge in [0.1, 0.15) is 24.1 Å². The second-order valence-electron chi connectivity index (χ2n) is 11.0.